The number of nitrogens with one attached hydrogen (secondary N) is 1. The van der Waals surface area contributed by atoms with Crippen LogP contribution in [-0.2, 0) is 9.53 Å². The van der Waals surface area contributed by atoms with E-state index in [4.69, 9.17) is 21.1 Å². The molecule has 184 valence electrons. The van der Waals surface area contributed by atoms with Gasteiger partial charge in [0.05, 0.1) is 18.1 Å². The molecule has 1 N–H and O–H groups in total. The molecule has 1 fully saturated rings. The van der Waals surface area contributed by atoms with Gasteiger partial charge >= 0.3 is 0 Å². The quantitative estimate of drug-likeness (QED) is 0.249. The molecule has 1 amide bonds. The number of carbonyl (C=O) groups is 1. The molecule has 0 spiro atoms. The third kappa shape index (κ3) is 5.19. The Morgan fingerprint density at radius 2 is 1.86 bits per heavy atom. The zero-order chi connectivity index (χ0) is 25.1. The van der Waals surface area contributed by atoms with Gasteiger partial charge < -0.3 is 19.4 Å². The number of hydrogen-bond donors (Lipinski definition) is 1. The van der Waals surface area contributed by atoms with Crippen molar-refractivity contribution in [3.63, 3.8) is 0 Å². The third-order valence-corrected chi connectivity index (χ3v) is 6.59. The highest BCUT2D eigenvalue weighted by Gasteiger charge is 2.26. The van der Waals surface area contributed by atoms with Gasteiger partial charge in [-0.15, -0.1) is 0 Å². The summed E-state index contributed by atoms with van der Waals surface area (Å²) >= 11 is 5.98. The standard InChI is InChI=1S/C27H24ClN3O5/c28-19-4-7-21(8-5-19)36-22-3-1-2-18(14-22)23(16-27(32)30-10-12-35-13-11-30)25-17-29-26-9-6-20(31(33)34)15-24(25)26/h1-9,14-15,17,23,29H,10-13,16H2. The van der Waals surface area contributed by atoms with Crippen LogP contribution in [0.3, 0.4) is 0 Å². The number of rotatable bonds is 7. The molecule has 1 atom stereocenters. The topological polar surface area (TPSA) is 97.7 Å². The van der Waals surface area contributed by atoms with Crippen LogP contribution in [-0.4, -0.2) is 47.0 Å². The fourth-order valence-corrected chi connectivity index (χ4v) is 4.62. The zero-order valence-electron chi connectivity index (χ0n) is 19.4. The summed E-state index contributed by atoms with van der Waals surface area (Å²) in [6.45, 7) is 2.12. The molecule has 1 unspecified atom stereocenters. The highest BCUT2D eigenvalue weighted by molar-refractivity contribution is 6.30. The van der Waals surface area contributed by atoms with E-state index in [1.54, 1.807) is 36.4 Å². The number of halogens is 1. The monoisotopic (exact) mass is 505 g/mol. The van der Waals surface area contributed by atoms with Gasteiger partial charge in [0.15, 0.2) is 0 Å². The van der Waals surface area contributed by atoms with Crippen LogP contribution < -0.4 is 4.74 Å². The molecule has 0 radical (unpaired) electrons. The van der Waals surface area contributed by atoms with E-state index in [1.807, 2.05) is 35.4 Å². The first-order valence-corrected chi connectivity index (χ1v) is 12.0. The molecular weight excluding hydrogens is 482 g/mol. The minimum atomic E-state index is -0.412. The second kappa shape index (κ2) is 10.4. The van der Waals surface area contributed by atoms with Crippen molar-refractivity contribution in [2.45, 2.75) is 12.3 Å². The number of fused-ring (bicyclic) bond motifs is 1. The number of aromatic amines is 1. The van der Waals surface area contributed by atoms with Crippen LogP contribution in [0.5, 0.6) is 11.5 Å². The summed E-state index contributed by atoms with van der Waals surface area (Å²) in [7, 11) is 0. The first-order valence-electron chi connectivity index (χ1n) is 11.6. The molecule has 5 rings (SSSR count). The van der Waals surface area contributed by atoms with Crippen molar-refractivity contribution in [1.29, 1.82) is 0 Å². The molecule has 8 nitrogen and oxygen atoms in total. The molecule has 0 saturated carbocycles. The fraction of sp³-hybridized carbons (Fsp3) is 0.222. The number of amides is 1. The van der Waals surface area contributed by atoms with Crippen molar-refractivity contribution in [3.8, 4) is 11.5 Å². The lowest BCUT2D eigenvalue weighted by Gasteiger charge is -2.28. The maximum absolute atomic E-state index is 13.3. The highest BCUT2D eigenvalue weighted by atomic mass is 35.5. The van der Waals surface area contributed by atoms with Crippen LogP contribution in [0.2, 0.25) is 5.02 Å². The Hall–Kier alpha value is -3.88. The largest absolute Gasteiger partial charge is 0.457 e. The number of nitro benzene ring substituents is 1. The molecule has 0 aliphatic carbocycles. The van der Waals surface area contributed by atoms with E-state index in [-0.39, 0.29) is 23.9 Å². The Morgan fingerprint density at radius 3 is 2.61 bits per heavy atom. The SMILES string of the molecule is O=C(CC(c1cccc(Oc2ccc(Cl)cc2)c1)c1c[nH]c2ccc([N+](=O)[O-])cc12)N1CCOCC1. The fourth-order valence-electron chi connectivity index (χ4n) is 4.49. The van der Waals surface area contributed by atoms with Crippen LogP contribution in [0.4, 0.5) is 5.69 Å². The molecular formula is C27H24ClN3O5. The van der Waals surface area contributed by atoms with Crippen LogP contribution >= 0.6 is 11.6 Å². The lowest BCUT2D eigenvalue weighted by Crippen LogP contribution is -2.41. The summed E-state index contributed by atoms with van der Waals surface area (Å²) in [5.41, 5.74) is 2.46. The second-order valence-corrected chi connectivity index (χ2v) is 9.05. The van der Waals surface area contributed by atoms with E-state index in [9.17, 15) is 14.9 Å². The summed E-state index contributed by atoms with van der Waals surface area (Å²) in [6.07, 6.45) is 2.04. The summed E-state index contributed by atoms with van der Waals surface area (Å²) in [4.78, 5) is 29.3. The minimum Gasteiger partial charge on any atom is -0.457 e. The lowest BCUT2D eigenvalue weighted by molar-refractivity contribution is -0.384. The number of benzene rings is 3. The number of non-ortho nitro benzene ring substituents is 1. The number of aromatic nitrogens is 1. The van der Waals surface area contributed by atoms with E-state index < -0.39 is 4.92 Å². The predicted octanol–water partition coefficient (Wildman–Crippen LogP) is 5.90. The van der Waals surface area contributed by atoms with E-state index in [2.05, 4.69) is 4.98 Å². The number of nitrogens with zero attached hydrogens (tertiary/aromatic N) is 2. The predicted molar refractivity (Wildman–Crippen MR) is 137 cm³/mol. The summed E-state index contributed by atoms with van der Waals surface area (Å²) in [5, 5.41) is 12.8. The molecule has 36 heavy (non-hydrogen) atoms. The van der Waals surface area contributed by atoms with Gasteiger partial charge in [0, 0.05) is 59.7 Å². The minimum absolute atomic E-state index is 0.00132. The number of hydrogen-bond acceptors (Lipinski definition) is 5. The number of ether oxygens (including phenoxy) is 2. The Labute approximate surface area is 212 Å². The Bertz CT molecular complexity index is 1400. The normalized spacial score (nSPS) is 14.5. The van der Waals surface area contributed by atoms with Gasteiger partial charge in [-0.05, 0) is 53.6 Å². The smallest absolute Gasteiger partial charge is 0.270 e. The molecule has 3 aromatic carbocycles. The molecule has 2 heterocycles. The van der Waals surface area contributed by atoms with Gasteiger partial charge in [-0.3, -0.25) is 14.9 Å². The average molecular weight is 506 g/mol. The van der Waals surface area contributed by atoms with Crippen molar-refractivity contribution < 1.29 is 19.2 Å². The molecule has 0 bridgehead atoms. The number of morpholine rings is 1. The molecule has 1 saturated heterocycles. The Kier molecular flexibility index (Phi) is 6.88. The van der Waals surface area contributed by atoms with Crippen molar-refractivity contribution in [2.75, 3.05) is 26.3 Å². The molecule has 9 heteroatoms. The van der Waals surface area contributed by atoms with Gasteiger partial charge in [-0.1, -0.05) is 23.7 Å². The van der Waals surface area contributed by atoms with Crippen LogP contribution in [0.25, 0.3) is 10.9 Å². The highest BCUT2D eigenvalue weighted by Crippen LogP contribution is 2.37. The van der Waals surface area contributed by atoms with Crippen LogP contribution in [0, 0.1) is 10.1 Å². The van der Waals surface area contributed by atoms with Gasteiger partial charge in [0.2, 0.25) is 5.91 Å². The molecule has 4 aromatic rings. The first kappa shape index (κ1) is 23.8. The number of carbonyl (C=O) groups excluding carboxylic acids is 1. The zero-order valence-corrected chi connectivity index (χ0v) is 20.1. The summed E-state index contributed by atoms with van der Waals surface area (Å²) in [5.74, 6) is 0.918. The van der Waals surface area contributed by atoms with E-state index in [0.29, 0.717) is 48.2 Å². The second-order valence-electron chi connectivity index (χ2n) is 8.61. The van der Waals surface area contributed by atoms with Gasteiger partial charge in [0.1, 0.15) is 11.5 Å². The maximum atomic E-state index is 13.3. The molecule has 1 aliphatic heterocycles. The number of nitro groups is 1. The van der Waals surface area contributed by atoms with Crippen molar-refractivity contribution in [1.82, 2.24) is 9.88 Å². The van der Waals surface area contributed by atoms with Crippen molar-refractivity contribution in [2.24, 2.45) is 0 Å². The lowest BCUT2D eigenvalue weighted by atomic mass is 9.87. The van der Waals surface area contributed by atoms with Crippen molar-refractivity contribution in [3.05, 3.63) is 99.2 Å². The van der Waals surface area contributed by atoms with Gasteiger partial charge in [-0.2, -0.15) is 0 Å². The molecule has 1 aliphatic rings. The Balaban J connectivity index is 1.53. The molecule has 1 aromatic heterocycles. The van der Waals surface area contributed by atoms with E-state index >= 15 is 0 Å². The van der Waals surface area contributed by atoms with E-state index in [0.717, 1.165) is 16.6 Å². The van der Waals surface area contributed by atoms with Gasteiger partial charge in [-0.25, -0.2) is 0 Å². The number of H-pyrrole nitrogens is 1. The maximum Gasteiger partial charge on any atom is 0.270 e. The van der Waals surface area contributed by atoms with Gasteiger partial charge in [0.25, 0.3) is 5.69 Å². The summed E-state index contributed by atoms with van der Waals surface area (Å²) in [6, 6.07) is 19.4. The average Bonchev–Trinajstić information content (AvgIpc) is 3.32. The van der Waals surface area contributed by atoms with Crippen LogP contribution in [0.15, 0.2) is 72.9 Å². The van der Waals surface area contributed by atoms with Crippen molar-refractivity contribution >= 4 is 34.1 Å². The Morgan fingerprint density at radius 1 is 1.08 bits per heavy atom. The first-order chi connectivity index (χ1) is 17.5. The van der Waals surface area contributed by atoms with E-state index in [1.165, 1.54) is 6.07 Å². The van der Waals surface area contributed by atoms with Crippen LogP contribution in [0.1, 0.15) is 23.5 Å². The third-order valence-electron chi connectivity index (χ3n) is 6.34. The summed E-state index contributed by atoms with van der Waals surface area (Å²) < 4.78 is 11.4.